The number of methoxy groups -OCH3 is 1. The van der Waals surface area contributed by atoms with Crippen molar-refractivity contribution in [3.63, 3.8) is 0 Å². The molecule has 0 saturated heterocycles. The zero-order valence-electron chi connectivity index (χ0n) is 10.8. The van der Waals surface area contributed by atoms with E-state index in [1.807, 2.05) is 20.8 Å². The predicted octanol–water partition coefficient (Wildman–Crippen LogP) is 1.05. The number of carbonyl (C=O) groups is 1. The van der Waals surface area contributed by atoms with Gasteiger partial charge in [-0.25, -0.2) is 0 Å². The Morgan fingerprint density at radius 1 is 1.50 bits per heavy atom. The van der Waals surface area contributed by atoms with E-state index in [-0.39, 0.29) is 11.4 Å². The molecule has 2 atom stereocenters. The highest BCUT2D eigenvalue weighted by Gasteiger charge is 2.44. The van der Waals surface area contributed by atoms with Crippen LogP contribution in [0.25, 0.3) is 0 Å². The number of nitrogens with two attached hydrogens (primary N) is 1. The maximum Gasteiger partial charge on any atom is 0.252 e. The van der Waals surface area contributed by atoms with Gasteiger partial charge in [-0.1, -0.05) is 6.92 Å². The summed E-state index contributed by atoms with van der Waals surface area (Å²) in [7, 11) is 1.57. The molecule has 4 heteroatoms. The van der Waals surface area contributed by atoms with E-state index in [4.69, 9.17) is 10.5 Å². The molecular weight excluding hydrogens is 204 g/mol. The van der Waals surface area contributed by atoms with Gasteiger partial charge in [0.1, 0.15) is 5.60 Å². The van der Waals surface area contributed by atoms with Crippen molar-refractivity contribution in [3.8, 4) is 0 Å². The van der Waals surface area contributed by atoms with Crippen LogP contribution in [0.4, 0.5) is 0 Å². The zero-order chi connectivity index (χ0) is 12.4. The van der Waals surface area contributed by atoms with Crippen LogP contribution in [0.3, 0.4) is 0 Å². The number of hydrogen-bond acceptors (Lipinski definition) is 3. The minimum atomic E-state index is -0.745. The van der Waals surface area contributed by atoms with E-state index < -0.39 is 5.60 Å². The van der Waals surface area contributed by atoms with Crippen LogP contribution in [-0.4, -0.2) is 30.7 Å². The normalized spacial score (nSPS) is 23.3. The van der Waals surface area contributed by atoms with Crippen LogP contribution in [0, 0.1) is 5.92 Å². The molecule has 0 aliphatic heterocycles. The van der Waals surface area contributed by atoms with Gasteiger partial charge in [0.15, 0.2) is 0 Å². The summed E-state index contributed by atoms with van der Waals surface area (Å²) in [4.78, 5) is 12.1. The van der Waals surface area contributed by atoms with Crippen molar-refractivity contribution in [1.82, 2.24) is 5.32 Å². The first-order valence-electron chi connectivity index (χ1n) is 5.99. The van der Waals surface area contributed by atoms with Gasteiger partial charge in [-0.2, -0.15) is 0 Å². The van der Waals surface area contributed by atoms with Gasteiger partial charge in [0.2, 0.25) is 0 Å². The Morgan fingerprint density at radius 3 is 2.38 bits per heavy atom. The Bertz CT molecular complexity index is 260. The fraction of sp³-hybridized carbons (Fsp3) is 0.917. The third kappa shape index (κ3) is 2.55. The number of nitrogens with one attached hydrogen (secondary N) is 1. The molecule has 0 aromatic carbocycles. The fourth-order valence-corrected chi connectivity index (χ4v) is 1.83. The minimum Gasteiger partial charge on any atom is -0.369 e. The molecule has 0 heterocycles. The number of carbonyl (C=O) groups excluding carboxylic acids is 1. The standard InChI is InChI=1S/C12H24N2O2/c1-5-12(3,16-4)10(15)14-11(2,8-13)9-6-7-9/h9H,5-8,13H2,1-4H3,(H,14,15). The molecule has 0 bridgehead atoms. The molecule has 1 rings (SSSR count). The van der Waals surface area contributed by atoms with Gasteiger partial charge in [0.25, 0.3) is 5.91 Å². The molecule has 0 spiro atoms. The van der Waals surface area contributed by atoms with E-state index in [0.29, 0.717) is 18.9 Å². The summed E-state index contributed by atoms with van der Waals surface area (Å²) in [5.41, 5.74) is 4.75. The lowest BCUT2D eigenvalue weighted by atomic mass is 9.93. The summed E-state index contributed by atoms with van der Waals surface area (Å²) in [5, 5.41) is 3.06. The van der Waals surface area contributed by atoms with E-state index >= 15 is 0 Å². The average Bonchev–Trinajstić information content (AvgIpc) is 3.11. The quantitative estimate of drug-likeness (QED) is 0.714. The van der Waals surface area contributed by atoms with Crippen LogP contribution in [0.1, 0.15) is 40.0 Å². The maximum atomic E-state index is 12.1. The smallest absolute Gasteiger partial charge is 0.252 e. The van der Waals surface area contributed by atoms with E-state index in [1.54, 1.807) is 7.11 Å². The second kappa shape index (κ2) is 4.72. The molecule has 1 aliphatic rings. The fourth-order valence-electron chi connectivity index (χ4n) is 1.83. The molecule has 0 radical (unpaired) electrons. The lowest BCUT2D eigenvalue weighted by Crippen LogP contribution is -2.59. The molecule has 1 aliphatic carbocycles. The minimum absolute atomic E-state index is 0.0580. The monoisotopic (exact) mass is 228 g/mol. The highest BCUT2D eigenvalue weighted by Crippen LogP contribution is 2.39. The average molecular weight is 228 g/mol. The molecule has 0 aromatic rings. The molecule has 3 N–H and O–H groups in total. The Kier molecular flexibility index (Phi) is 3.97. The predicted molar refractivity (Wildman–Crippen MR) is 64.0 cm³/mol. The second-order valence-corrected chi connectivity index (χ2v) is 5.14. The lowest BCUT2D eigenvalue weighted by Gasteiger charge is -2.34. The Balaban J connectivity index is 2.68. The van der Waals surface area contributed by atoms with Crippen molar-refractivity contribution in [2.45, 2.75) is 51.2 Å². The third-order valence-corrected chi connectivity index (χ3v) is 3.91. The largest absolute Gasteiger partial charge is 0.369 e. The maximum absolute atomic E-state index is 12.1. The van der Waals surface area contributed by atoms with Crippen molar-refractivity contribution in [2.24, 2.45) is 11.7 Å². The zero-order valence-corrected chi connectivity index (χ0v) is 10.8. The van der Waals surface area contributed by atoms with Gasteiger partial charge in [0.05, 0.1) is 5.54 Å². The molecule has 1 fully saturated rings. The first-order chi connectivity index (χ1) is 7.41. The Morgan fingerprint density at radius 2 is 2.06 bits per heavy atom. The van der Waals surface area contributed by atoms with Crippen molar-refractivity contribution < 1.29 is 9.53 Å². The highest BCUT2D eigenvalue weighted by atomic mass is 16.5. The Labute approximate surface area is 97.9 Å². The number of amides is 1. The Hall–Kier alpha value is -0.610. The topological polar surface area (TPSA) is 64.3 Å². The van der Waals surface area contributed by atoms with Gasteiger partial charge in [-0.3, -0.25) is 4.79 Å². The van der Waals surface area contributed by atoms with Crippen LogP contribution in [0.15, 0.2) is 0 Å². The summed E-state index contributed by atoms with van der Waals surface area (Å²) in [6.07, 6.45) is 2.97. The summed E-state index contributed by atoms with van der Waals surface area (Å²) >= 11 is 0. The molecular formula is C12H24N2O2. The summed E-state index contributed by atoms with van der Waals surface area (Å²) < 4.78 is 5.29. The van der Waals surface area contributed by atoms with Gasteiger partial charge < -0.3 is 15.8 Å². The summed E-state index contributed by atoms with van der Waals surface area (Å²) in [6.45, 7) is 6.26. The van der Waals surface area contributed by atoms with Gasteiger partial charge in [-0.15, -0.1) is 0 Å². The van der Waals surface area contributed by atoms with Gasteiger partial charge >= 0.3 is 0 Å². The SMILES string of the molecule is CCC(C)(OC)C(=O)NC(C)(CN)C1CC1. The molecule has 4 nitrogen and oxygen atoms in total. The summed E-state index contributed by atoms with van der Waals surface area (Å²) in [5.74, 6) is 0.469. The van der Waals surface area contributed by atoms with E-state index in [0.717, 1.165) is 12.8 Å². The number of ether oxygens (including phenoxy) is 1. The first-order valence-corrected chi connectivity index (χ1v) is 5.99. The van der Waals surface area contributed by atoms with Crippen LogP contribution in [0.5, 0.6) is 0 Å². The van der Waals surface area contributed by atoms with Crippen LogP contribution in [-0.2, 0) is 9.53 Å². The van der Waals surface area contributed by atoms with Crippen molar-refractivity contribution in [1.29, 1.82) is 0 Å². The van der Waals surface area contributed by atoms with Crippen molar-refractivity contribution in [3.05, 3.63) is 0 Å². The van der Waals surface area contributed by atoms with Crippen molar-refractivity contribution in [2.75, 3.05) is 13.7 Å². The molecule has 16 heavy (non-hydrogen) atoms. The van der Waals surface area contributed by atoms with Crippen LogP contribution >= 0.6 is 0 Å². The third-order valence-electron chi connectivity index (χ3n) is 3.91. The van der Waals surface area contributed by atoms with E-state index in [1.165, 1.54) is 0 Å². The van der Waals surface area contributed by atoms with E-state index in [2.05, 4.69) is 5.32 Å². The summed E-state index contributed by atoms with van der Waals surface area (Å²) in [6, 6.07) is 0. The van der Waals surface area contributed by atoms with E-state index in [9.17, 15) is 4.79 Å². The van der Waals surface area contributed by atoms with Gasteiger partial charge in [0, 0.05) is 13.7 Å². The first kappa shape index (κ1) is 13.5. The molecule has 2 unspecified atom stereocenters. The molecule has 1 saturated carbocycles. The molecule has 0 aromatic heterocycles. The molecule has 94 valence electrons. The van der Waals surface area contributed by atoms with Crippen LogP contribution < -0.4 is 11.1 Å². The van der Waals surface area contributed by atoms with Crippen molar-refractivity contribution >= 4 is 5.91 Å². The second-order valence-electron chi connectivity index (χ2n) is 5.14. The highest BCUT2D eigenvalue weighted by molar-refractivity contribution is 5.85. The lowest BCUT2D eigenvalue weighted by molar-refractivity contribution is -0.144. The molecule has 1 amide bonds. The van der Waals surface area contributed by atoms with Crippen LogP contribution in [0.2, 0.25) is 0 Å². The van der Waals surface area contributed by atoms with Gasteiger partial charge in [-0.05, 0) is 39.0 Å². The number of rotatable bonds is 6. The number of hydrogen-bond donors (Lipinski definition) is 2.